The fourth-order valence-electron chi connectivity index (χ4n) is 2.22. The molecule has 3 rings (SSSR count). The first-order chi connectivity index (χ1) is 11.9. The van der Waals surface area contributed by atoms with Crippen molar-refractivity contribution in [3.05, 3.63) is 47.1 Å². The van der Waals surface area contributed by atoms with Crippen LogP contribution < -0.4 is 11.2 Å². The summed E-state index contributed by atoms with van der Waals surface area (Å²) in [7, 11) is 0. The van der Waals surface area contributed by atoms with Gasteiger partial charge in [0.2, 0.25) is 0 Å². The van der Waals surface area contributed by atoms with Crippen molar-refractivity contribution >= 4 is 44.8 Å². The van der Waals surface area contributed by atoms with Gasteiger partial charge in [0.1, 0.15) is 9.88 Å². The monoisotopic (exact) mass is 507 g/mol. The first kappa shape index (κ1) is 18.9. The summed E-state index contributed by atoms with van der Waals surface area (Å²) in [5, 5.41) is -0.977. The third-order valence-corrected chi connectivity index (χ3v) is 5.42. The molecular formula is C13H4F6IN3O2S. The van der Waals surface area contributed by atoms with Crippen molar-refractivity contribution < 1.29 is 26.3 Å². The molecule has 0 amide bonds. The van der Waals surface area contributed by atoms with E-state index in [1.54, 1.807) is 4.98 Å². The second-order valence-corrected chi connectivity index (χ2v) is 7.08. The summed E-state index contributed by atoms with van der Waals surface area (Å²) >= 11 is 1.47. The SMILES string of the molecule is O=c1[nH]c(=O)c2cc(C(F)(F)F)c(-c3ncc(C(F)(F)F)s3)c(I)c2[nH]1. The molecule has 138 valence electrons. The van der Waals surface area contributed by atoms with Crippen LogP contribution in [0.3, 0.4) is 0 Å². The zero-order valence-electron chi connectivity index (χ0n) is 12.0. The Morgan fingerprint density at radius 3 is 2.23 bits per heavy atom. The summed E-state index contributed by atoms with van der Waals surface area (Å²) in [4.78, 5) is 29.5. The molecule has 0 saturated carbocycles. The average Bonchev–Trinajstić information content (AvgIpc) is 2.96. The zero-order chi connectivity index (χ0) is 19.4. The number of aromatic amines is 2. The molecule has 0 aliphatic carbocycles. The Morgan fingerprint density at radius 2 is 1.69 bits per heavy atom. The average molecular weight is 507 g/mol. The van der Waals surface area contributed by atoms with E-state index >= 15 is 0 Å². The summed E-state index contributed by atoms with van der Waals surface area (Å²) in [6.45, 7) is 0. The van der Waals surface area contributed by atoms with Crippen LogP contribution in [0.25, 0.3) is 21.5 Å². The molecule has 26 heavy (non-hydrogen) atoms. The van der Waals surface area contributed by atoms with Crippen molar-refractivity contribution in [2.75, 3.05) is 0 Å². The van der Waals surface area contributed by atoms with Gasteiger partial charge in [0.15, 0.2) is 0 Å². The molecular weight excluding hydrogens is 503 g/mol. The van der Waals surface area contributed by atoms with Gasteiger partial charge in [-0.3, -0.25) is 9.78 Å². The number of H-pyrrole nitrogens is 2. The highest BCUT2D eigenvalue weighted by atomic mass is 127. The summed E-state index contributed by atoms with van der Waals surface area (Å²) in [5.41, 5.74) is -4.18. The van der Waals surface area contributed by atoms with Crippen molar-refractivity contribution in [2.24, 2.45) is 0 Å². The summed E-state index contributed by atoms with van der Waals surface area (Å²) in [5.74, 6) is 0. The molecule has 2 N–H and O–H groups in total. The van der Waals surface area contributed by atoms with Crippen molar-refractivity contribution in [2.45, 2.75) is 12.4 Å². The van der Waals surface area contributed by atoms with Crippen LogP contribution in [0.5, 0.6) is 0 Å². The lowest BCUT2D eigenvalue weighted by atomic mass is 10.0. The smallest absolute Gasteiger partial charge is 0.306 e. The minimum absolute atomic E-state index is 0.0355. The number of nitrogens with zero attached hydrogens (tertiary/aromatic N) is 1. The van der Waals surface area contributed by atoms with E-state index in [0.717, 1.165) is 0 Å². The van der Waals surface area contributed by atoms with E-state index in [0.29, 0.717) is 12.3 Å². The molecule has 0 aliphatic heterocycles. The number of thiazole rings is 1. The number of halogens is 7. The maximum absolute atomic E-state index is 13.5. The van der Waals surface area contributed by atoms with Crippen molar-refractivity contribution in [3.63, 3.8) is 0 Å². The predicted octanol–water partition coefficient (Wildman–Crippen LogP) is 3.98. The summed E-state index contributed by atoms with van der Waals surface area (Å²) in [6.07, 6.45) is -9.29. The van der Waals surface area contributed by atoms with Gasteiger partial charge < -0.3 is 4.98 Å². The highest BCUT2D eigenvalue weighted by Gasteiger charge is 2.39. The van der Waals surface area contributed by atoms with Crippen LogP contribution >= 0.6 is 33.9 Å². The summed E-state index contributed by atoms with van der Waals surface area (Å²) < 4.78 is 78.4. The van der Waals surface area contributed by atoms with E-state index in [2.05, 4.69) is 9.97 Å². The van der Waals surface area contributed by atoms with Crippen molar-refractivity contribution in [1.29, 1.82) is 0 Å². The molecule has 0 aliphatic rings. The number of nitrogens with one attached hydrogen (secondary N) is 2. The van der Waals surface area contributed by atoms with Crippen LogP contribution in [-0.4, -0.2) is 15.0 Å². The lowest BCUT2D eigenvalue weighted by Crippen LogP contribution is -2.23. The molecule has 2 heterocycles. The van der Waals surface area contributed by atoms with E-state index in [4.69, 9.17) is 0 Å². The lowest BCUT2D eigenvalue weighted by molar-refractivity contribution is -0.137. The molecule has 13 heteroatoms. The number of hydrogen-bond donors (Lipinski definition) is 2. The number of rotatable bonds is 1. The molecule has 0 bridgehead atoms. The van der Waals surface area contributed by atoms with Crippen LogP contribution in [0.2, 0.25) is 0 Å². The fourth-order valence-corrected chi connectivity index (χ4v) is 4.22. The van der Waals surface area contributed by atoms with Crippen LogP contribution in [-0.2, 0) is 12.4 Å². The van der Waals surface area contributed by atoms with Crippen LogP contribution in [0.15, 0.2) is 21.9 Å². The molecule has 5 nitrogen and oxygen atoms in total. The Hall–Kier alpha value is -1.90. The number of fused-ring (bicyclic) bond motifs is 1. The van der Waals surface area contributed by atoms with Crippen LogP contribution in [0, 0.1) is 3.57 Å². The third kappa shape index (κ3) is 3.24. The highest BCUT2D eigenvalue weighted by Crippen LogP contribution is 2.44. The molecule has 0 spiro atoms. The third-order valence-electron chi connectivity index (χ3n) is 3.28. The van der Waals surface area contributed by atoms with Crippen molar-refractivity contribution in [3.8, 4) is 10.6 Å². The van der Waals surface area contributed by atoms with Gasteiger partial charge in [0, 0.05) is 9.13 Å². The predicted molar refractivity (Wildman–Crippen MR) is 89.0 cm³/mol. The summed E-state index contributed by atoms with van der Waals surface area (Å²) in [6, 6.07) is 0.482. The molecule has 0 radical (unpaired) electrons. The molecule has 0 unspecified atom stereocenters. The molecule has 0 saturated heterocycles. The zero-order valence-corrected chi connectivity index (χ0v) is 14.9. The van der Waals surface area contributed by atoms with Gasteiger partial charge in [0.25, 0.3) is 5.56 Å². The first-order valence-electron chi connectivity index (χ1n) is 6.49. The number of alkyl halides is 6. The maximum Gasteiger partial charge on any atom is 0.427 e. The van der Waals surface area contributed by atoms with Crippen LogP contribution in [0.4, 0.5) is 26.3 Å². The van der Waals surface area contributed by atoms with E-state index in [1.807, 2.05) is 0 Å². The van der Waals surface area contributed by atoms with Gasteiger partial charge in [-0.15, -0.1) is 11.3 Å². The van der Waals surface area contributed by atoms with E-state index in [-0.39, 0.29) is 20.4 Å². The largest absolute Gasteiger partial charge is 0.427 e. The minimum Gasteiger partial charge on any atom is -0.306 e. The second-order valence-electron chi connectivity index (χ2n) is 4.97. The second kappa shape index (κ2) is 6.07. The minimum atomic E-state index is -4.96. The topological polar surface area (TPSA) is 78.6 Å². The lowest BCUT2D eigenvalue weighted by Gasteiger charge is -2.14. The van der Waals surface area contributed by atoms with Crippen molar-refractivity contribution in [1.82, 2.24) is 15.0 Å². The molecule has 2 aromatic heterocycles. The normalized spacial score (nSPS) is 12.7. The van der Waals surface area contributed by atoms with Gasteiger partial charge >= 0.3 is 18.0 Å². The quantitative estimate of drug-likeness (QED) is 0.387. The Bertz CT molecular complexity index is 1130. The molecule has 1 aromatic carbocycles. The van der Waals surface area contributed by atoms with Gasteiger partial charge in [0.05, 0.1) is 22.7 Å². The number of aromatic nitrogens is 3. The fraction of sp³-hybridized carbons (Fsp3) is 0.154. The Kier molecular flexibility index (Phi) is 4.41. The number of benzene rings is 1. The van der Waals surface area contributed by atoms with E-state index in [9.17, 15) is 35.9 Å². The Labute approximate surface area is 156 Å². The van der Waals surface area contributed by atoms with E-state index < -0.39 is 50.0 Å². The highest BCUT2D eigenvalue weighted by molar-refractivity contribution is 14.1. The Morgan fingerprint density at radius 1 is 1.04 bits per heavy atom. The standard InChI is InChI=1S/C13H4F6IN3O2S/c14-12(15,16)4-1-3-8(22-11(25)23-9(3)24)7(20)6(4)10-21-2-5(26-10)13(17,18)19/h1-2H,(H2,22,23,24,25). The van der Waals surface area contributed by atoms with Gasteiger partial charge in [-0.1, -0.05) is 0 Å². The number of hydrogen-bond acceptors (Lipinski definition) is 4. The van der Waals surface area contributed by atoms with Gasteiger partial charge in [-0.05, 0) is 28.7 Å². The molecule has 0 fully saturated rings. The maximum atomic E-state index is 13.5. The Balaban J connectivity index is 2.43. The molecule has 0 atom stereocenters. The van der Waals surface area contributed by atoms with Gasteiger partial charge in [-0.2, -0.15) is 26.3 Å². The molecule has 3 aromatic rings. The van der Waals surface area contributed by atoms with Gasteiger partial charge in [-0.25, -0.2) is 9.78 Å². The van der Waals surface area contributed by atoms with Crippen LogP contribution in [0.1, 0.15) is 10.4 Å². The van der Waals surface area contributed by atoms with E-state index in [1.165, 1.54) is 22.6 Å². The first-order valence-corrected chi connectivity index (χ1v) is 8.38.